The predicted octanol–water partition coefficient (Wildman–Crippen LogP) is 2.93. The molecule has 0 spiro atoms. The summed E-state index contributed by atoms with van der Waals surface area (Å²) >= 11 is 0. The second-order valence-corrected chi connectivity index (χ2v) is 6.15. The number of aliphatic hydroxyl groups is 1. The standard InChI is InChI=1S/C18H21FN2O2/c1-12-2-9-17(22)16(20-12)10-21(15-7-8-15)11-18(23)13-3-5-14(19)6-4-13/h2-6,9,15,18,22-23H,7-8,10-11H2,1H3/t18-/m0/s1. The van der Waals surface area contributed by atoms with Crippen molar-refractivity contribution in [3.63, 3.8) is 0 Å². The molecule has 4 nitrogen and oxygen atoms in total. The Morgan fingerprint density at radius 2 is 1.91 bits per heavy atom. The van der Waals surface area contributed by atoms with Crippen molar-refractivity contribution in [2.45, 2.75) is 38.5 Å². The monoisotopic (exact) mass is 316 g/mol. The lowest BCUT2D eigenvalue weighted by Crippen LogP contribution is -2.30. The van der Waals surface area contributed by atoms with Crippen molar-refractivity contribution < 1.29 is 14.6 Å². The van der Waals surface area contributed by atoms with Crippen LogP contribution in [-0.2, 0) is 6.54 Å². The van der Waals surface area contributed by atoms with Crippen molar-refractivity contribution in [3.05, 3.63) is 59.2 Å². The molecule has 1 atom stereocenters. The minimum Gasteiger partial charge on any atom is -0.506 e. The molecule has 1 saturated carbocycles. The van der Waals surface area contributed by atoms with E-state index in [1.807, 2.05) is 6.92 Å². The molecular formula is C18H21FN2O2. The Bertz CT molecular complexity index is 671. The summed E-state index contributed by atoms with van der Waals surface area (Å²) in [6.07, 6.45) is 1.48. The number of aryl methyl sites for hydroxylation is 1. The molecule has 1 aromatic heterocycles. The van der Waals surface area contributed by atoms with E-state index in [4.69, 9.17) is 0 Å². The lowest BCUT2D eigenvalue weighted by atomic mass is 10.1. The zero-order valence-electron chi connectivity index (χ0n) is 13.1. The van der Waals surface area contributed by atoms with E-state index in [2.05, 4.69) is 9.88 Å². The number of hydrogen-bond donors (Lipinski definition) is 2. The van der Waals surface area contributed by atoms with E-state index in [0.29, 0.717) is 30.4 Å². The Morgan fingerprint density at radius 1 is 1.22 bits per heavy atom. The maximum Gasteiger partial charge on any atom is 0.138 e. The van der Waals surface area contributed by atoms with Crippen molar-refractivity contribution in [2.24, 2.45) is 0 Å². The zero-order valence-corrected chi connectivity index (χ0v) is 13.1. The van der Waals surface area contributed by atoms with Gasteiger partial charge in [-0.25, -0.2) is 4.39 Å². The lowest BCUT2D eigenvalue weighted by Gasteiger charge is -2.25. The van der Waals surface area contributed by atoms with E-state index in [1.165, 1.54) is 12.1 Å². The first-order chi connectivity index (χ1) is 11.0. The third-order valence-electron chi connectivity index (χ3n) is 4.17. The van der Waals surface area contributed by atoms with Gasteiger partial charge in [0.25, 0.3) is 0 Å². The average Bonchev–Trinajstić information content (AvgIpc) is 3.35. The normalized spacial score (nSPS) is 15.8. The topological polar surface area (TPSA) is 56.6 Å². The molecule has 23 heavy (non-hydrogen) atoms. The van der Waals surface area contributed by atoms with E-state index in [9.17, 15) is 14.6 Å². The van der Waals surface area contributed by atoms with Gasteiger partial charge in [-0.05, 0) is 49.6 Å². The van der Waals surface area contributed by atoms with Gasteiger partial charge in [-0.2, -0.15) is 0 Å². The molecular weight excluding hydrogens is 295 g/mol. The molecule has 1 heterocycles. The number of aromatic nitrogens is 1. The molecule has 3 rings (SSSR count). The Balaban J connectivity index is 1.72. The van der Waals surface area contributed by atoms with Gasteiger partial charge in [0, 0.05) is 24.8 Å². The number of hydrogen-bond acceptors (Lipinski definition) is 4. The van der Waals surface area contributed by atoms with Gasteiger partial charge in [-0.3, -0.25) is 9.88 Å². The van der Waals surface area contributed by atoms with Crippen LogP contribution >= 0.6 is 0 Å². The molecule has 1 fully saturated rings. The third-order valence-corrected chi connectivity index (χ3v) is 4.17. The highest BCUT2D eigenvalue weighted by atomic mass is 19.1. The second-order valence-electron chi connectivity index (χ2n) is 6.15. The molecule has 1 aliphatic carbocycles. The summed E-state index contributed by atoms with van der Waals surface area (Å²) in [6.45, 7) is 2.82. The number of pyridine rings is 1. The quantitative estimate of drug-likeness (QED) is 0.860. The maximum atomic E-state index is 13.0. The zero-order chi connectivity index (χ0) is 16.4. The van der Waals surface area contributed by atoms with Gasteiger partial charge in [-0.15, -0.1) is 0 Å². The van der Waals surface area contributed by atoms with E-state index in [-0.39, 0.29) is 11.6 Å². The number of nitrogens with zero attached hydrogens (tertiary/aromatic N) is 2. The lowest BCUT2D eigenvalue weighted by molar-refractivity contribution is 0.103. The van der Waals surface area contributed by atoms with Gasteiger partial charge in [0.1, 0.15) is 11.6 Å². The van der Waals surface area contributed by atoms with E-state index >= 15 is 0 Å². The van der Waals surface area contributed by atoms with Gasteiger partial charge in [-0.1, -0.05) is 12.1 Å². The molecule has 0 radical (unpaired) electrons. The first kappa shape index (κ1) is 15.9. The van der Waals surface area contributed by atoms with Crippen LogP contribution in [0.1, 0.15) is 35.9 Å². The third kappa shape index (κ3) is 4.06. The Hall–Kier alpha value is -1.98. The summed E-state index contributed by atoms with van der Waals surface area (Å²) in [6, 6.07) is 9.75. The molecule has 0 aliphatic heterocycles. The SMILES string of the molecule is Cc1ccc(O)c(CN(C[C@H](O)c2ccc(F)cc2)C2CC2)n1. The van der Waals surface area contributed by atoms with Gasteiger partial charge in [0.2, 0.25) is 0 Å². The first-order valence-corrected chi connectivity index (χ1v) is 7.86. The van der Waals surface area contributed by atoms with Crippen molar-refractivity contribution in [1.29, 1.82) is 0 Å². The summed E-state index contributed by atoms with van der Waals surface area (Å²) in [5, 5.41) is 20.4. The second kappa shape index (κ2) is 6.64. The molecule has 2 aromatic rings. The van der Waals surface area contributed by atoms with E-state index in [0.717, 1.165) is 18.5 Å². The molecule has 0 bridgehead atoms. The Kier molecular flexibility index (Phi) is 4.59. The summed E-state index contributed by atoms with van der Waals surface area (Å²) in [5.74, 6) is -0.133. The molecule has 5 heteroatoms. The first-order valence-electron chi connectivity index (χ1n) is 7.86. The van der Waals surface area contributed by atoms with Gasteiger partial charge >= 0.3 is 0 Å². The average molecular weight is 316 g/mol. The molecule has 2 N–H and O–H groups in total. The van der Waals surface area contributed by atoms with Gasteiger partial charge in [0.15, 0.2) is 0 Å². The Morgan fingerprint density at radius 3 is 2.57 bits per heavy atom. The minimum atomic E-state index is -0.692. The van der Waals surface area contributed by atoms with Crippen molar-refractivity contribution in [3.8, 4) is 5.75 Å². The van der Waals surface area contributed by atoms with E-state index in [1.54, 1.807) is 24.3 Å². The highest BCUT2D eigenvalue weighted by molar-refractivity contribution is 5.28. The summed E-state index contributed by atoms with van der Waals surface area (Å²) < 4.78 is 13.0. The minimum absolute atomic E-state index is 0.178. The van der Waals surface area contributed by atoms with Gasteiger partial charge in [0.05, 0.1) is 11.8 Å². The molecule has 1 aliphatic rings. The molecule has 0 saturated heterocycles. The summed E-state index contributed by atoms with van der Waals surface area (Å²) in [4.78, 5) is 6.53. The highest BCUT2D eigenvalue weighted by Crippen LogP contribution is 2.31. The van der Waals surface area contributed by atoms with Crippen LogP contribution in [0.4, 0.5) is 4.39 Å². The van der Waals surface area contributed by atoms with Gasteiger partial charge < -0.3 is 10.2 Å². The summed E-state index contributed by atoms with van der Waals surface area (Å²) in [7, 11) is 0. The fourth-order valence-electron chi connectivity index (χ4n) is 2.71. The van der Waals surface area contributed by atoms with Crippen LogP contribution in [-0.4, -0.2) is 32.7 Å². The molecule has 0 amide bonds. The van der Waals surface area contributed by atoms with Crippen LogP contribution in [0.25, 0.3) is 0 Å². The fourth-order valence-corrected chi connectivity index (χ4v) is 2.71. The van der Waals surface area contributed by atoms with Crippen LogP contribution in [0.5, 0.6) is 5.75 Å². The fraction of sp³-hybridized carbons (Fsp3) is 0.389. The smallest absolute Gasteiger partial charge is 0.138 e. The largest absolute Gasteiger partial charge is 0.506 e. The van der Waals surface area contributed by atoms with Crippen LogP contribution in [0.15, 0.2) is 36.4 Å². The van der Waals surface area contributed by atoms with Crippen molar-refractivity contribution in [2.75, 3.05) is 6.54 Å². The van der Waals surface area contributed by atoms with Crippen molar-refractivity contribution in [1.82, 2.24) is 9.88 Å². The summed E-state index contributed by atoms with van der Waals surface area (Å²) in [5.41, 5.74) is 2.18. The molecule has 0 unspecified atom stereocenters. The number of aromatic hydroxyl groups is 1. The van der Waals surface area contributed by atoms with Crippen LogP contribution < -0.4 is 0 Å². The number of halogens is 1. The highest BCUT2D eigenvalue weighted by Gasteiger charge is 2.31. The van der Waals surface area contributed by atoms with Crippen molar-refractivity contribution >= 4 is 0 Å². The molecule has 1 aromatic carbocycles. The van der Waals surface area contributed by atoms with Crippen LogP contribution in [0, 0.1) is 12.7 Å². The predicted molar refractivity (Wildman–Crippen MR) is 85.4 cm³/mol. The van der Waals surface area contributed by atoms with E-state index < -0.39 is 6.10 Å². The number of rotatable bonds is 6. The molecule has 122 valence electrons. The number of aliphatic hydroxyl groups excluding tert-OH is 1. The van der Waals surface area contributed by atoms with Crippen LogP contribution in [0.2, 0.25) is 0 Å². The Labute approximate surface area is 135 Å². The van der Waals surface area contributed by atoms with Crippen LogP contribution in [0.3, 0.4) is 0 Å². The maximum absolute atomic E-state index is 13.0. The number of benzene rings is 1.